The summed E-state index contributed by atoms with van der Waals surface area (Å²) in [6.07, 6.45) is 1.03. The van der Waals surface area contributed by atoms with Crippen molar-refractivity contribution in [2.24, 2.45) is 10.9 Å². The smallest absolute Gasteiger partial charge is 0.271 e. The van der Waals surface area contributed by atoms with Crippen molar-refractivity contribution in [2.75, 3.05) is 4.90 Å². The lowest BCUT2D eigenvalue weighted by Crippen LogP contribution is -2.58. The number of phenolic OH excluding ortho intramolecular Hbond substituents is 1. The number of thiocarbonyl (C=S) groups is 1. The molecule has 2 aromatic rings. The Morgan fingerprint density at radius 2 is 1.93 bits per heavy atom. The number of carbonyl (C=O) groups excluding carboxylic acids is 2. The predicted octanol–water partition coefficient (Wildman–Crippen LogP) is 2.38. The van der Waals surface area contributed by atoms with Crippen LogP contribution in [-0.2, 0) is 9.59 Å². The number of hydrogen-bond donors (Lipinski definition) is 2. The molecular weight excluding hydrogens is 384 g/mol. The van der Waals surface area contributed by atoms with Crippen LogP contribution in [0.1, 0.15) is 5.56 Å². The SMILES string of the molecule is Cc1ccc(N2C(=O)[C@@H](C=Nc3cc([N+](=O)[O-])ccc3O)C(=O)NC2=S)cc1. The van der Waals surface area contributed by atoms with Gasteiger partial charge in [-0.3, -0.25) is 29.6 Å². The number of nitrogens with zero attached hydrogens (tertiary/aromatic N) is 3. The number of carbonyl (C=O) groups is 2. The summed E-state index contributed by atoms with van der Waals surface area (Å²) in [5.41, 5.74) is 1.05. The van der Waals surface area contributed by atoms with Gasteiger partial charge in [0, 0.05) is 18.3 Å². The van der Waals surface area contributed by atoms with Crippen LogP contribution in [0.25, 0.3) is 0 Å². The van der Waals surface area contributed by atoms with Crippen molar-refractivity contribution in [3.05, 3.63) is 58.1 Å². The molecule has 0 aromatic heterocycles. The van der Waals surface area contributed by atoms with Gasteiger partial charge in [0.1, 0.15) is 11.4 Å². The Hall–Kier alpha value is -3.66. The Kier molecular flexibility index (Phi) is 5.14. The van der Waals surface area contributed by atoms with Crippen LogP contribution in [0.4, 0.5) is 17.1 Å². The minimum atomic E-state index is -1.31. The molecule has 0 saturated carbocycles. The zero-order valence-corrected chi connectivity index (χ0v) is 15.3. The molecular formula is C18H14N4O5S. The quantitative estimate of drug-likeness (QED) is 0.268. The van der Waals surface area contributed by atoms with E-state index in [9.17, 15) is 24.8 Å². The second-order valence-electron chi connectivity index (χ2n) is 5.99. The number of nitro benzene ring substituents is 1. The van der Waals surface area contributed by atoms with E-state index in [1.165, 1.54) is 4.90 Å². The zero-order chi connectivity index (χ0) is 20.4. The van der Waals surface area contributed by atoms with Crippen molar-refractivity contribution in [1.29, 1.82) is 0 Å². The van der Waals surface area contributed by atoms with Crippen molar-refractivity contribution in [3.8, 4) is 5.75 Å². The number of benzene rings is 2. The summed E-state index contributed by atoms with van der Waals surface area (Å²) in [4.78, 5) is 40.4. The van der Waals surface area contributed by atoms with Gasteiger partial charge in [-0.15, -0.1) is 0 Å². The first-order chi connectivity index (χ1) is 13.3. The number of hydrogen-bond acceptors (Lipinski definition) is 7. The molecule has 0 radical (unpaired) electrons. The number of aliphatic imine (C=N–C) groups is 1. The molecule has 2 N–H and O–H groups in total. The van der Waals surface area contributed by atoms with E-state index >= 15 is 0 Å². The fourth-order valence-corrected chi connectivity index (χ4v) is 2.84. The molecule has 10 heteroatoms. The molecule has 0 unspecified atom stereocenters. The van der Waals surface area contributed by atoms with E-state index in [1.54, 1.807) is 24.3 Å². The fourth-order valence-electron chi connectivity index (χ4n) is 2.54. The number of aryl methyl sites for hydroxylation is 1. The second-order valence-corrected chi connectivity index (χ2v) is 6.38. The van der Waals surface area contributed by atoms with Crippen LogP contribution < -0.4 is 10.2 Å². The Bertz CT molecular complexity index is 1020. The third-order valence-corrected chi connectivity index (χ3v) is 4.31. The lowest BCUT2D eigenvalue weighted by Gasteiger charge is -2.30. The molecule has 1 saturated heterocycles. The predicted molar refractivity (Wildman–Crippen MR) is 106 cm³/mol. The number of rotatable bonds is 4. The Morgan fingerprint density at radius 3 is 2.57 bits per heavy atom. The maximum atomic E-state index is 12.8. The number of nitrogens with one attached hydrogen (secondary N) is 1. The first kappa shape index (κ1) is 19.1. The third kappa shape index (κ3) is 3.71. The lowest BCUT2D eigenvalue weighted by molar-refractivity contribution is -0.384. The highest BCUT2D eigenvalue weighted by Gasteiger charge is 2.38. The van der Waals surface area contributed by atoms with E-state index in [4.69, 9.17) is 12.2 Å². The number of phenols is 1. The van der Waals surface area contributed by atoms with Gasteiger partial charge in [0.2, 0.25) is 5.91 Å². The van der Waals surface area contributed by atoms with Crippen LogP contribution in [0.15, 0.2) is 47.5 Å². The summed E-state index contributed by atoms with van der Waals surface area (Å²) in [7, 11) is 0. The van der Waals surface area contributed by atoms with Crippen LogP contribution in [0.5, 0.6) is 5.75 Å². The van der Waals surface area contributed by atoms with Gasteiger partial charge in [0.15, 0.2) is 11.0 Å². The van der Waals surface area contributed by atoms with E-state index in [0.29, 0.717) is 5.69 Å². The van der Waals surface area contributed by atoms with E-state index in [1.807, 2.05) is 6.92 Å². The number of anilines is 1. The molecule has 1 heterocycles. The number of aromatic hydroxyl groups is 1. The topological polar surface area (TPSA) is 125 Å². The van der Waals surface area contributed by atoms with Crippen LogP contribution >= 0.6 is 12.2 Å². The summed E-state index contributed by atoms with van der Waals surface area (Å²) >= 11 is 5.11. The maximum absolute atomic E-state index is 12.8. The number of non-ortho nitro benzene ring substituents is 1. The molecule has 0 aliphatic carbocycles. The van der Waals surface area contributed by atoms with Crippen LogP contribution in [0.2, 0.25) is 0 Å². The first-order valence-corrected chi connectivity index (χ1v) is 8.46. The molecule has 1 fully saturated rings. The molecule has 0 bridgehead atoms. The van der Waals surface area contributed by atoms with E-state index in [0.717, 1.165) is 30.0 Å². The van der Waals surface area contributed by atoms with Gasteiger partial charge in [0.25, 0.3) is 11.6 Å². The van der Waals surface area contributed by atoms with Crippen molar-refractivity contribution in [3.63, 3.8) is 0 Å². The molecule has 28 heavy (non-hydrogen) atoms. The van der Waals surface area contributed by atoms with Gasteiger partial charge >= 0.3 is 0 Å². The highest BCUT2D eigenvalue weighted by atomic mass is 32.1. The van der Waals surface area contributed by atoms with Crippen LogP contribution in [-0.4, -0.2) is 33.2 Å². The summed E-state index contributed by atoms with van der Waals surface area (Å²) in [5.74, 6) is -2.93. The first-order valence-electron chi connectivity index (χ1n) is 8.05. The molecule has 1 aliphatic rings. The molecule has 142 valence electrons. The third-order valence-electron chi connectivity index (χ3n) is 4.03. The monoisotopic (exact) mass is 398 g/mol. The zero-order valence-electron chi connectivity index (χ0n) is 14.5. The summed E-state index contributed by atoms with van der Waals surface area (Å²) in [6.45, 7) is 1.89. The van der Waals surface area contributed by atoms with Gasteiger partial charge < -0.3 is 10.4 Å². The average Bonchev–Trinajstić information content (AvgIpc) is 2.64. The van der Waals surface area contributed by atoms with Gasteiger partial charge in [-0.1, -0.05) is 17.7 Å². The number of nitro groups is 1. The van der Waals surface area contributed by atoms with E-state index in [-0.39, 0.29) is 22.2 Å². The van der Waals surface area contributed by atoms with Crippen molar-refractivity contribution in [2.45, 2.75) is 6.92 Å². The van der Waals surface area contributed by atoms with Gasteiger partial charge in [-0.25, -0.2) is 0 Å². The molecule has 1 aliphatic heterocycles. The lowest BCUT2D eigenvalue weighted by atomic mass is 10.1. The summed E-state index contributed by atoms with van der Waals surface area (Å²) < 4.78 is 0. The summed E-state index contributed by atoms with van der Waals surface area (Å²) in [6, 6.07) is 10.2. The van der Waals surface area contributed by atoms with Gasteiger partial charge in [-0.2, -0.15) is 0 Å². The van der Waals surface area contributed by atoms with E-state index < -0.39 is 22.7 Å². The molecule has 2 aromatic carbocycles. The Morgan fingerprint density at radius 1 is 1.25 bits per heavy atom. The molecule has 3 rings (SSSR count). The molecule has 9 nitrogen and oxygen atoms in total. The highest BCUT2D eigenvalue weighted by Crippen LogP contribution is 2.30. The van der Waals surface area contributed by atoms with Gasteiger partial charge in [-0.05, 0) is 37.3 Å². The number of amides is 2. The molecule has 2 amide bonds. The Balaban J connectivity index is 1.92. The van der Waals surface area contributed by atoms with Crippen molar-refractivity contribution >= 4 is 52.4 Å². The molecule has 1 atom stereocenters. The minimum Gasteiger partial charge on any atom is -0.506 e. The summed E-state index contributed by atoms with van der Waals surface area (Å²) in [5, 5.41) is 23.1. The van der Waals surface area contributed by atoms with Gasteiger partial charge in [0.05, 0.1) is 10.6 Å². The minimum absolute atomic E-state index is 0.0540. The van der Waals surface area contributed by atoms with Crippen LogP contribution in [0, 0.1) is 23.0 Å². The Labute approximate surface area is 164 Å². The molecule has 0 spiro atoms. The maximum Gasteiger partial charge on any atom is 0.271 e. The largest absolute Gasteiger partial charge is 0.506 e. The van der Waals surface area contributed by atoms with Crippen molar-refractivity contribution < 1.29 is 19.6 Å². The van der Waals surface area contributed by atoms with Crippen LogP contribution in [0.3, 0.4) is 0 Å². The second kappa shape index (κ2) is 7.53. The van der Waals surface area contributed by atoms with Crippen molar-refractivity contribution in [1.82, 2.24) is 5.32 Å². The standard InChI is InChI=1S/C18H14N4O5S/c1-10-2-4-11(5-3-10)21-17(25)13(16(24)20-18(21)28)9-19-14-8-12(22(26)27)6-7-15(14)23/h2-9,13,23H,1H3,(H,20,24,28)/t13-/m0/s1. The van der Waals surface area contributed by atoms with E-state index in [2.05, 4.69) is 10.3 Å². The fraction of sp³-hybridized carbons (Fsp3) is 0.111. The highest BCUT2D eigenvalue weighted by molar-refractivity contribution is 7.80. The average molecular weight is 398 g/mol. The normalized spacial score (nSPS) is 17.1.